The van der Waals surface area contributed by atoms with Crippen LogP contribution in [0.3, 0.4) is 0 Å². The van der Waals surface area contributed by atoms with E-state index in [1.807, 2.05) is 6.92 Å². The molecule has 0 aliphatic carbocycles. The minimum Gasteiger partial charge on any atom is -0.495 e. The molecule has 0 spiro atoms. The van der Waals surface area contributed by atoms with E-state index in [2.05, 4.69) is 13.5 Å². The van der Waals surface area contributed by atoms with Crippen molar-refractivity contribution >= 4 is 11.9 Å². The summed E-state index contributed by atoms with van der Waals surface area (Å²) in [6.45, 7) is 13.6. The van der Waals surface area contributed by atoms with Crippen LogP contribution in [0.2, 0.25) is 0 Å². The fourth-order valence-electron chi connectivity index (χ4n) is 3.67. The normalized spacial score (nSPS) is 11.7. The van der Waals surface area contributed by atoms with Crippen LogP contribution in [0.25, 0.3) is 0 Å². The molecule has 0 radical (unpaired) electrons. The molecule has 0 saturated heterocycles. The molecule has 37 heavy (non-hydrogen) atoms. The van der Waals surface area contributed by atoms with Gasteiger partial charge in [0.05, 0.1) is 38.6 Å². The zero-order valence-electron chi connectivity index (χ0n) is 24.2. The Morgan fingerprint density at radius 3 is 1.46 bits per heavy atom. The Bertz CT molecular complexity index is 627. The molecule has 7 nitrogen and oxygen atoms in total. The van der Waals surface area contributed by atoms with Crippen LogP contribution >= 0.6 is 0 Å². The summed E-state index contributed by atoms with van der Waals surface area (Å²) in [5.41, 5.74) is 0.890. The summed E-state index contributed by atoms with van der Waals surface area (Å²) in [6.07, 6.45) is 16.0. The summed E-state index contributed by atoms with van der Waals surface area (Å²) in [6, 6.07) is 0. The second kappa shape index (κ2) is 25.8. The molecule has 0 aliphatic heterocycles. The molecule has 7 heteroatoms. The molecule has 0 fully saturated rings. The molecule has 0 aromatic rings. The van der Waals surface area contributed by atoms with E-state index in [9.17, 15) is 9.59 Å². The number of rotatable bonds is 26. The molecule has 0 aliphatic rings. The third kappa shape index (κ3) is 21.9. The summed E-state index contributed by atoms with van der Waals surface area (Å²) in [5, 5.41) is 0. The van der Waals surface area contributed by atoms with Crippen molar-refractivity contribution in [2.75, 3.05) is 46.2 Å². The van der Waals surface area contributed by atoms with E-state index in [0.29, 0.717) is 63.0 Å². The molecule has 0 atom stereocenters. The molecule has 0 rings (SSSR count). The van der Waals surface area contributed by atoms with Gasteiger partial charge in [0.15, 0.2) is 0 Å². The van der Waals surface area contributed by atoms with Crippen LogP contribution in [-0.4, -0.2) is 58.2 Å². The minimum absolute atomic E-state index is 0.189. The smallest absolute Gasteiger partial charge is 0.337 e. The van der Waals surface area contributed by atoms with Crippen molar-refractivity contribution < 1.29 is 33.3 Å². The second-order valence-electron chi connectivity index (χ2n) is 9.42. The van der Waals surface area contributed by atoms with E-state index >= 15 is 0 Å². The van der Waals surface area contributed by atoms with Crippen LogP contribution in [0.15, 0.2) is 23.5 Å². The van der Waals surface area contributed by atoms with Gasteiger partial charge in [-0.3, -0.25) is 0 Å². The van der Waals surface area contributed by atoms with Crippen LogP contribution in [0.1, 0.15) is 111 Å². The van der Waals surface area contributed by atoms with Crippen molar-refractivity contribution in [1.29, 1.82) is 0 Å². The van der Waals surface area contributed by atoms with Crippen molar-refractivity contribution in [3.05, 3.63) is 23.5 Å². The van der Waals surface area contributed by atoms with Gasteiger partial charge in [-0.25, -0.2) is 9.59 Å². The van der Waals surface area contributed by atoms with Gasteiger partial charge in [-0.15, -0.1) is 0 Å². The van der Waals surface area contributed by atoms with Gasteiger partial charge >= 0.3 is 11.9 Å². The summed E-state index contributed by atoms with van der Waals surface area (Å²) in [4.78, 5) is 23.6. The number of allylic oxidation sites excluding steroid dienone is 1. The maximum absolute atomic E-state index is 12.3. The summed E-state index contributed by atoms with van der Waals surface area (Å²) in [5.74, 6) is -0.0826. The standard InChI is InChI=1S/C30H54O7/c1-6-8-9-10-11-12-13-14-15-16-17-18-19-36-30(32)27(5)28(7-2)35-24-22-33-20-21-34-23-25-37-29(31)26(3)4/h3,6-25H2,1-2,4-5H3. The molecule has 0 aromatic carbocycles. The lowest BCUT2D eigenvalue weighted by Crippen LogP contribution is -2.15. The number of hydrogen-bond acceptors (Lipinski definition) is 7. The number of unbranched alkanes of at least 4 members (excludes halogenated alkanes) is 11. The molecule has 0 N–H and O–H groups in total. The molecular formula is C30H54O7. The van der Waals surface area contributed by atoms with E-state index in [0.717, 1.165) is 12.8 Å². The molecule has 0 bridgehead atoms. The Morgan fingerprint density at radius 2 is 0.973 bits per heavy atom. The van der Waals surface area contributed by atoms with Crippen molar-refractivity contribution in [1.82, 2.24) is 0 Å². The lowest BCUT2D eigenvalue weighted by molar-refractivity contribution is -0.141. The van der Waals surface area contributed by atoms with Gasteiger partial charge in [0.2, 0.25) is 0 Å². The zero-order chi connectivity index (χ0) is 27.6. The minimum atomic E-state index is -0.416. The van der Waals surface area contributed by atoms with Gasteiger partial charge in [-0.2, -0.15) is 0 Å². The van der Waals surface area contributed by atoms with Gasteiger partial charge in [-0.05, 0) is 20.3 Å². The Balaban J connectivity index is 3.73. The third-order valence-electron chi connectivity index (χ3n) is 5.96. The summed E-state index contributed by atoms with van der Waals surface area (Å²) in [7, 11) is 0. The quantitative estimate of drug-likeness (QED) is 0.0515. The average molecular weight is 527 g/mol. The number of esters is 2. The van der Waals surface area contributed by atoms with Crippen LogP contribution in [-0.2, 0) is 33.3 Å². The highest BCUT2D eigenvalue weighted by molar-refractivity contribution is 5.88. The van der Waals surface area contributed by atoms with Crippen LogP contribution < -0.4 is 0 Å². The highest BCUT2D eigenvalue weighted by atomic mass is 16.6. The lowest BCUT2D eigenvalue weighted by atomic mass is 10.1. The van der Waals surface area contributed by atoms with Gasteiger partial charge in [0, 0.05) is 12.0 Å². The summed E-state index contributed by atoms with van der Waals surface area (Å²) < 4.78 is 26.9. The second-order valence-corrected chi connectivity index (χ2v) is 9.42. The number of hydrogen-bond donors (Lipinski definition) is 0. The number of carbonyl (C=O) groups is 2. The number of ether oxygens (including phenoxy) is 5. The highest BCUT2D eigenvalue weighted by Crippen LogP contribution is 2.14. The van der Waals surface area contributed by atoms with Crippen LogP contribution in [0, 0.1) is 0 Å². The van der Waals surface area contributed by atoms with Gasteiger partial charge < -0.3 is 23.7 Å². The highest BCUT2D eigenvalue weighted by Gasteiger charge is 2.12. The Kier molecular flexibility index (Phi) is 24.5. The molecule has 0 aromatic heterocycles. The van der Waals surface area contributed by atoms with E-state index in [1.54, 1.807) is 13.8 Å². The first-order valence-electron chi connectivity index (χ1n) is 14.4. The molecule has 0 unspecified atom stereocenters. The van der Waals surface area contributed by atoms with Crippen molar-refractivity contribution in [2.45, 2.75) is 111 Å². The van der Waals surface area contributed by atoms with Gasteiger partial charge in [0.25, 0.3) is 0 Å². The van der Waals surface area contributed by atoms with E-state index in [-0.39, 0.29) is 12.6 Å². The fraction of sp³-hybridized carbons (Fsp3) is 0.800. The van der Waals surface area contributed by atoms with Crippen molar-refractivity contribution in [2.24, 2.45) is 0 Å². The van der Waals surface area contributed by atoms with E-state index in [1.165, 1.54) is 64.2 Å². The monoisotopic (exact) mass is 526 g/mol. The molecule has 0 heterocycles. The third-order valence-corrected chi connectivity index (χ3v) is 5.96. The van der Waals surface area contributed by atoms with Crippen LogP contribution in [0.4, 0.5) is 0 Å². The number of carbonyl (C=O) groups excluding carboxylic acids is 2. The largest absolute Gasteiger partial charge is 0.495 e. The first kappa shape index (κ1) is 35.1. The molecule has 0 saturated carbocycles. The first-order valence-corrected chi connectivity index (χ1v) is 14.4. The van der Waals surface area contributed by atoms with Crippen molar-refractivity contribution in [3.63, 3.8) is 0 Å². The molecule has 216 valence electrons. The molecular weight excluding hydrogens is 472 g/mol. The predicted molar refractivity (Wildman–Crippen MR) is 148 cm³/mol. The lowest BCUT2D eigenvalue weighted by Gasteiger charge is -2.13. The first-order chi connectivity index (χ1) is 17.9. The maximum atomic E-state index is 12.3. The van der Waals surface area contributed by atoms with Gasteiger partial charge in [-0.1, -0.05) is 91.1 Å². The van der Waals surface area contributed by atoms with Crippen molar-refractivity contribution in [3.8, 4) is 0 Å². The van der Waals surface area contributed by atoms with Crippen LogP contribution in [0.5, 0.6) is 0 Å². The fourth-order valence-corrected chi connectivity index (χ4v) is 3.67. The van der Waals surface area contributed by atoms with Gasteiger partial charge in [0.1, 0.15) is 19.0 Å². The van der Waals surface area contributed by atoms with E-state index in [4.69, 9.17) is 23.7 Å². The Labute approximate surface area is 226 Å². The topological polar surface area (TPSA) is 80.3 Å². The molecule has 0 amide bonds. The Hall–Kier alpha value is -1.86. The maximum Gasteiger partial charge on any atom is 0.337 e. The summed E-state index contributed by atoms with van der Waals surface area (Å²) >= 11 is 0. The van der Waals surface area contributed by atoms with E-state index < -0.39 is 5.97 Å². The average Bonchev–Trinajstić information content (AvgIpc) is 2.89. The zero-order valence-corrected chi connectivity index (χ0v) is 24.2. The Morgan fingerprint density at radius 1 is 0.541 bits per heavy atom. The predicted octanol–water partition coefficient (Wildman–Crippen LogP) is 7.08. The SMILES string of the molecule is C=C(C)C(=O)OCCOCCOCCOC(CC)=C(C)C(=O)OCCCCCCCCCCCCCC.